The number of nitrogens with zero attached hydrogens (tertiary/aromatic N) is 1. The molecule has 2 nitrogen and oxygen atoms in total. The van der Waals surface area contributed by atoms with E-state index < -0.39 is 11.6 Å². The first-order chi connectivity index (χ1) is 10.2. The molecule has 3 rings (SSSR count). The maximum absolute atomic E-state index is 13.7. The minimum atomic E-state index is -0.511. The van der Waals surface area contributed by atoms with Gasteiger partial charge in [0.15, 0.2) is 0 Å². The second-order valence-electron chi connectivity index (χ2n) is 5.07. The number of aromatic nitrogens is 1. The van der Waals surface area contributed by atoms with Gasteiger partial charge in [-0.3, -0.25) is 0 Å². The summed E-state index contributed by atoms with van der Waals surface area (Å²) >= 11 is 0. The molecule has 0 radical (unpaired) electrons. The topological polar surface area (TPSA) is 17.0 Å². The van der Waals surface area contributed by atoms with E-state index in [1.165, 1.54) is 23.8 Å². The second kappa shape index (κ2) is 5.66. The van der Waals surface area contributed by atoms with Gasteiger partial charge < -0.3 is 9.88 Å². The van der Waals surface area contributed by atoms with Crippen LogP contribution in [-0.4, -0.2) is 11.6 Å². The summed E-state index contributed by atoms with van der Waals surface area (Å²) < 4.78 is 29.4. The Morgan fingerprint density at radius 3 is 2.52 bits per heavy atom. The predicted octanol–water partition coefficient (Wildman–Crippen LogP) is 3.69. The second-order valence-corrected chi connectivity index (χ2v) is 5.07. The standard InChI is InChI=1S/C17H16F2N2/c1-20-10-12-5-6-17-13(9-12)7-8-21(17)11-14-15(18)3-2-4-16(14)19/h2-9,20H,10-11H2,1H3. The molecule has 2 aromatic carbocycles. The van der Waals surface area contributed by atoms with Crippen molar-refractivity contribution in [2.24, 2.45) is 0 Å². The number of benzene rings is 2. The molecule has 0 atom stereocenters. The summed E-state index contributed by atoms with van der Waals surface area (Å²) in [7, 11) is 1.90. The molecule has 0 aliphatic heterocycles. The third kappa shape index (κ3) is 2.67. The van der Waals surface area contributed by atoms with Crippen LogP contribution in [0.15, 0.2) is 48.7 Å². The van der Waals surface area contributed by atoms with Crippen LogP contribution in [-0.2, 0) is 13.1 Å². The summed E-state index contributed by atoms with van der Waals surface area (Å²) in [6.45, 7) is 0.983. The van der Waals surface area contributed by atoms with Crippen molar-refractivity contribution in [1.29, 1.82) is 0 Å². The minimum Gasteiger partial charge on any atom is -0.343 e. The van der Waals surface area contributed by atoms with Gasteiger partial charge in [0.1, 0.15) is 11.6 Å². The zero-order valence-corrected chi connectivity index (χ0v) is 11.7. The van der Waals surface area contributed by atoms with E-state index in [4.69, 9.17) is 0 Å². The molecule has 108 valence electrons. The summed E-state index contributed by atoms with van der Waals surface area (Å²) in [5.41, 5.74) is 2.24. The van der Waals surface area contributed by atoms with Gasteiger partial charge in [0.2, 0.25) is 0 Å². The number of hydrogen-bond donors (Lipinski definition) is 1. The van der Waals surface area contributed by atoms with Crippen molar-refractivity contribution in [2.75, 3.05) is 7.05 Å². The van der Waals surface area contributed by atoms with Gasteiger partial charge >= 0.3 is 0 Å². The number of halogens is 2. The lowest BCUT2D eigenvalue weighted by atomic mass is 10.1. The van der Waals surface area contributed by atoms with Crippen LogP contribution in [0.1, 0.15) is 11.1 Å². The van der Waals surface area contributed by atoms with Crippen molar-refractivity contribution in [3.8, 4) is 0 Å². The first kappa shape index (κ1) is 13.8. The molecule has 0 unspecified atom stereocenters. The van der Waals surface area contributed by atoms with E-state index in [2.05, 4.69) is 11.4 Å². The fraction of sp³-hybridized carbons (Fsp3) is 0.176. The third-order valence-electron chi connectivity index (χ3n) is 3.61. The van der Waals surface area contributed by atoms with Crippen LogP contribution >= 0.6 is 0 Å². The Hall–Kier alpha value is -2.20. The lowest BCUT2D eigenvalue weighted by Crippen LogP contribution is -2.05. The molecule has 1 N–H and O–H groups in total. The van der Waals surface area contributed by atoms with Crippen LogP contribution in [0.2, 0.25) is 0 Å². The fourth-order valence-corrected chi connectivity index (χ4v) is 2.56. The Morgan fingerprint density at radius 1 is 1.05 bits per heavy atom. The van der Waals surface area contributed by atoms with Gasteiger partial charge in [0, 0.05) is 23.8 Å². The van der Waals surface area contributed by atoms with Crippen LogP contribution in [0.4, 0.5) is 8.78 Å². The number of rotatable bonds is 4. The van der Waals surface area contributed by atoms with Gasteiger partial charge in [-0.15, -0.1) is 0 Å². The molecule has 1 heterocycles. The van der Waals surface area contributed by atoms with E-state index in [9.17, 15) is 8.78 Å². The molecular weight excluding hydrogens is 270 g/mol. The number of hydrogen-bond acceptors (Lipinski definition) is 1. The normalized spacial score (nSPS) is 11.2. The summed E-state index contributed by atoms with van der Waals surface area (Å²) in [5, 5.41) is 4.17. The molecule has 0 aliphatic carbocycles. The Labute approximate surface area is 122 Å². The zero-order chi connectivity index (χ0) is 14.8. The Morgan fingerprint density at radius 2 is 1.81 bits per heavy atom. The van der Waals surface area contributed by atoms with Crippen molar-refractivity contribution in [1.82, 2.24) is 9.88 Å². The van der Waals surface area contributed by atoms with Crippen molar-refractivity contribution >= 4 is 10.9 Å². The molecule has 0 bridgehead atoms. The quantitative estimate of drug-likeness (QED) is 0.774. The largest absolute Gasteiger partial charge is 0.343 e. The third-order valence-corrected chi connectivity index (χ3v) is 3.61. The van der Waals surface area contributed by atoms with Crippen LogP contribution in [0.3, 0.4) is 0 Å². The van der Waals surface area contributed by atoms with Gasteiger partial charge in [-0.25, -0.2) is 8.78 Å². The first-order valence-corrected chi connectivity index (χ1v) is 6.84. The highest BCUT2D eigenvalue weighted by atomic mass is 19.1. The van der Waals surface area contributed by atoms with Gasteiger partial charge in [0.05, 0.1) is 6.54 Å². The molecule has 21 heavy (non-hydrogen) atoms. The lowest BCUT2D eigenvalue weighted by Gasteiger charge is -2.08. The molecule has 0 spiro atoms. The van der Waals surface area contributed by atoms with Crippen LogP contribution in [0.5, 0.6) is 0 Å². The van der Waals surface area contributed by atoms with E-state index in [0.717, 1.165) is 17.4 Å². The molecule has 4 heteroatoms. The highest BCUT2D eigenvalue weighted by Crippen LogP contribution is 2.21. The zero-order valence-electron chi connectivity index (χ0n) is 11.7. The van der Waals surface area contributed by atoms with Gasteiger partial charge in [0.25, 0.3) is 0 Å². The average Bonchev–Trinajstić information content (AvgIpc) is 2.86. The predicted molar refractivity (Wildman–Crippen MR) is 80.2 cm³/mol. The Bertz CT molecular complexity index is 757. The minimum absolute atomic E-state index is 0.0919. The molecular formula is C17H16F2N2. The SMILES string of the molecule is CNCc1ccc2c(ccn2Cc2c(F)cccc2F)c1. The summed E-state index contributed by atoms with van der Waals surface area (Å²) in [5.74, 6) is -1.02. The fourth-order valence-electron chi connectivity index (χ4n) is 2.56. The van der Waals surface area contributed by atoms with Crippen molar-refractivity contribution < 1.29 is 8.78 Å². The van der Waals surface area contributed by atoms with Crippen LogP contribution in [0, 0.1) is 11.6 Å². The maximum atomic E-state index is 13.7. The van der Waals surface area contributed by atoms with E-state index in [1.54, 1.807) is 0 Å². The van der Waals surface area contributed by atoms with E-state index >= 15 is 0 Å². The van der Waals surface area contributed by atoms with Gasteiger partial charge in [-0.1, -0.05) is 12.1 Å². The molecule has 0 saturated heterocycles. The van der Waals surface area contributed by atoms with Crippen LogP contribution < -0.4 is 5.32 Å². The van der Waals surface area contributed by atoms with Crippen LogP contribution in [0.25, 0.3) is 10.9 Å². The molecule has 3 aromatic rings. The molecule has 1 aromatic heterocycles. The van der Waals surface area contributed by atoms with Crippen molar-refractivity contribution in [3.05, 3.63) is 71.4 Å². The molecule has 0 amide bonds. The average molecular weight is 286 g/mol. The number of nitrogens with one attached hydrogen (secondary N) is 1. The van der Waals surface area contributed by atoms with E-state index in [1.807, 2.05) is 36.0 Å². The molecule has 0 aliphatic rings. The van der Waals surface area contributed by atoms with E-state index in [-0.39, 0.29) is 12.1 Å². The van der Waals surface area contributed by atoms with Crippen molar-refractivity contribution in [2.45, 2.75) is 13.1 Å². The molecule has 0 saturated carbocycles. The summed E-state index contributed by atoms with van der Waals surface area (Å²) in [6, 6.07) is 12.0. The Balaban J connectivity index is 1.98. The van der Waals surface area contributed by atoms with Gasteiger partial charge in [-0.2, -0.15) is 0 Å². The summed E-state index contributed by atoms with van der Waals surface area (Å²) in [6.07, 6.45) is 1.86. The Kier molecular flexibility index (Phi) is 3.71. The lowest BCUT2D eigenvalue weighted by molar-refractivity contribution is 0.547. The highest BCUT2D eigenvalue weighted by molar-refractivity contribution is 5.81. The maximum Gasteiger partial charge on any atom is 0.131 e. The van der Waals surface area contributed by atoms with Crippen molar-refractivity contribution in [3.63, 3.8) is 0 Å². The summed E-state index contributed by atoms with van der Waals surface area (Å²) in [4.78, 5) is 0. The first-order valence-electron chi connectivity index (χ1n) is 6.84. The number of fused-ring (bicyclic) bond motifs is 1. The molecule has 0 fully saturated rings. The monoisotopic (exact) mass is 286 g/mol. The van der Waals surface area contributed by atoms with E-state index in [0.29, 0.717) is 0 Å². The smallest absolute Gasteiger partial charge is 0.131 e. The van der Waals surface area contributed by atoms with Gasteiger partial charge in [-0.05, 0) is 48.3 Å². The highest BCUT2D eigenvalue weighted by Gasteiger charge is 2.10.